The van der Waals surface area contributed by atoms with Gasteiger partial charge in [0.2, 0.25) is 0 Å². The Morgan fingerprint density at radius 2 is 1.68 bits per heavy atom. The molecule has 1 unspecified atom stereocenters. The Morgan fingerprint density at radius 3 is 2.19 bits per heavy atom. The van der Waals surface area contributed by atoms with E-state index in [2.05, 4.69) is 32.6 Å². The molecule has 0 bridgehead atoms. The van der Waals surface area contributed by atoms with Gasteiger partial charge < -0.3 is 10.1 Å². The number of unbranched alkanes of at least 4 members (excludes halogenated alkanes) is 1. The van der Waals surface area contributed by atoms with Crippen LogP contribution in [0.15, 0.2) is 12.1 Å². The normalized spacial score (nSPS) is 13.6. The number of amides is 1. The van der Waals surface area contributed by atoms with Crippen LogP contribution in [0.3, 0.4) is 0 Å². The molecule has 0 saturated carbocycles. The molecule has 0 aliphatic heterocycles. The molecule has 31 heavy (non-hydrogen) atoms. The maximum Gasteiger partial charge on any atom is 0.432 e. The van der Waals surface area contributed by atoms with Crippen LogP contribution in [0.25, 0.3) is 0 Å². The highest BCUT2D eigenvalue weighted by Crippen LogP contribution is 2.38. The molecule has 0 aromatic heterocycles. The molecule has 1 aromatic carbocycles. The number of rotatable bonds is 9. The topological polar surface area (TPSA) is 110 Å². The van der Waals surface area contributed by atoms with Crippen molar-refractivity contribution in [1.29, 1.82) is 0 Å². The molecule has 0 heterocycles. The van der Waals surface area contributed by atoms with Gasteiger partial charge in [-0.05, 0) is 92.7 Å². The van der Waals surface area contributed by atoms with Crippen LogP contribution >= 0.6 is 67.8 Å². The van der Waals surface area contributed by atoms with Gasteiger partial charge in [0.15, 0.2) is 0 Å². The van der Waals surface area contributed by atoms with E-state index in [1.54, 1.807) is 6.07 Å². The molecule has 0 aliphatic rings. The van der Waals surface area contributed by atoms with Crippen LogP contribution in [0, 0.1) is 10.7 Å². The molecule has 0 spiro atoms. The molecule has 16 heteroatoms. The van der Waals surface area contributed by atoms with Crippen LogP contribution < -0.4 is 5.32 Å². The third-order valence-electron chi connectivity index (χ3n) is 3.53. The zero-order chi connectivity index (χ0) is 24.2. The van der Waals surface area contributed by atoms with Crippen LogP contribution in [0.4, 0.5) is 22.0 Å². The SMILES string of the molecule is O=C(CCCCNC(=O)c1cc(I)cc(I)c1I)OC(C(F)(F)F)C(F)(F)S(=O)(=O)O. The Bertz CT molecular complexity index is 942. The molecule has 7 nitrogen and oxygen atoms in total. The lowest BCUT2D eigenvalue weighted by Gasteiger charge is -2.26. The average molecular weight is 811 g/mol. The number of hydrogen-bond acceptors (Lipinski definition) is 5. The van der Waals surface area contributed by atoms with E-state index in [-0.39, 0.29) is 19.4 Å². The Hall–Kier alpha value is -0.0900. The minimum atomic E-state index is -6.48. The van der Waals surface area contributed by atoms with Gasteiger partial charge in [-0.2, -0.15) is 30.4 Å². The summed E-state index contributed by atoms with van der Waals surface area (Å²) in [7, 11) is -6.48. The predicted octanol–water partition coefficient (Wildman–Crippen LogP) is 4.36. The van der Waals surface area contributed by atoms with Crippen molar-refractivity contribution in [2.24, 2.45) is 0 Å². The molecule has 0 radical (unpaired) electrons. The zero-order valence-corrected chi connectivity index (χ0v) is 22.3. The third kappa shape index (κ3) is 8.32. The van der Waals surface area contributed by atoms with Crippen LogP contribution in [0.1, 0.15) is 29.6 Å². The molecule has 0 saturated heterocycles. The first-order valence-electron chi connectivity index (χ1n) is 8.02. The van der Waals surface area contributed by atoms with Crippen molar-refractivity contribution >= 4 is 89.8 Å². The molecular formula is C15H13F5I3NO6S. The van der Waals surface area contributed by atoms with E-state index < -0.39 is 46.0 Å². The number of carbonyl (C=O) groups is 2. The summed E-state index contributed by atoms with van der Waals surface area (Å²) in [4.78, 5) is 23.7. The highest BCUT2D eigenvalue weighted by Gasteiger charge is 2.65. The van der Waals surface area contributed by atoms with Crippen molar-refractivity contribution < 1.29 is 49.2 Å². The monoisotopic (exact) mass is 811 g/mol. The van der Waals surface area contributed by atoms with Gasteiger partial charge in [0.05, 0.1) is 5.56 Å². The standard InChI is InChI=1S/C15H13F5I3NO6S/c16-14(17,18)13(15(19,20)31(27,28)29)30-10(25)3-1-2-4-24-12(26)8-5-7(21)6-9(22)11(8)23/h5-6,13H,1-4H2,(H,24,26)(H,27,28,29). The smallest absolute Gasteiger partial charge is 0.432 e. The number of alkyl halides is 5. The Morgan fingerprint density at radius 1 is 1.10 bits per heavy atom. The van der Waals surface area contributed by atoms with E-state index in [1.807, 2.05) is 51.2 Å². The highest BCUT2D eigenvalue weighted by atomic mass is 127. The Labute approximate surface area is 214 Å². The van der Waals surface area contributed by atoms with Crippen LogP contribution in [0.2, 0.25) is 0 Å². The molecule has 0 aliphatic carbocycles. The fourth-order valence-electron chi connectivity index (χ4n) is 2.06. The van der Waals surface area contributed by atoms with E-state index in [0.717, 1.165) is 10.7 Å². The number of hydrogen-bond donors (Lipinski definition) is 2. The van der Waals surface area contributed by atoms with Crippen molar-refractivity contribution in [1.82, 2.24) is 5.32 Å². The predicted molar refractivity (Wildman–Crippen MR) is 123 cm³/mol. The minimum Gasteiger partial charge on any atom is -0.445 e. The van der Waals surface area contributed by atoms with Gasteiger partial charge in [-0.25, -0.2) is 0 Å². The molecule has 176 valence electrons. The lowest BCUT2D eigenvalue weighted by molar-refractivity contribution is -0.259. The van der Waals surface area contributed by atoms with E-state index in [9.17, 15) is 40.0 Å². The van der Waals surface area contributed by atoms with Crippen molar-refractivity contribution in [2.45, 2.75) is 36.8 Å². The Balaban J connectivity index is 2.59. The summed E-state index contributed by atoms with van der Waals surface area (Å²) in [6.45, 7) is 0.0358. The molecule has 0 fully saturated rings. The van der Waals surface area contributed by atoms with Crippen LogP contribution in [-0.4, -0.2) is 48.9 Å². The number of nitrogens with one attached hydrogen (secondary N) is 1. The largest absolute Gasteiger partial charge is 0.445 e. The van der Waals surface area contributed by atoms with Crippen molar-refractivity contribution in [3.05, 3.63) is 28.4 Å². The maximum atomic E-state index is 13.3. The van der Waals surface area contributed by atoms with Crippen molar-refractivity contribution in [2.75, 3.05) is 6.54 Å². The van der Waals surface area contributed by atoms with Gasteiger partial charge >= 0.3 is 27.5 Å². The summed E-state index contributed by atoms with van der Waals surface area (Å²) in [5.74, 6) is -2.15. The number of carbonyl (C=O) groups excluding carboxylic acids is 2. The van der Waals surface area contributed by atoms with Gasteiger partial charge in [-0.3, -0.25) is 14.1 Å². The molecule has 2 N–H and O–H groups in total. The molecule has 1 atom stereocenters. The molecular weight excluding hydrogens is 798 g/mol. The first-order valence-corrected chi connectivity index (χ1v) is 12.7. The fourth-order valence-corrected chi connectivity index (χ4v) is 4.92. The maximum absolute atomic E-state index is 13.3. The van der Waals surface area contributed by atoms with Crippen LogP contribution in [-0.2, 0) is 19.6 Å². The lowest BCUT2D eigenvalue weighted by Crippen LogP contribution is -2.52. The average Bonchev–Trinajstić information content (AvgIpc) is 2.60. The molecule has 1 aromatic rings. The zero-order valence-electron chi connectivity index (χ0n) is 15.0. The van der Waals surface area contributed by atoms with Crippen molar-refractivity contribution in [3.63, 3.8) is 0 Å². The van der Waals surface area contributed by atoms with Gasteiger partial charge in [0.1, 0.15) is 0 Å². The van der Waals surface area contributed by atoms with E-state index in [4.69, 9.17) is 4.55 Å². The van der Waals surface area contributed by atoms with Crippen molar-refractivity contribution in [3.8, 4) is 0 Å². The third-order valence-corrected chi connectivity index (χ3v) is 8.10. The summed E-state index contributed by atoms with van der Waals surface area (Å²) in [5.41, 5.74) is 0.414. The summed E-state index contributed by atoms with van der Waals surface area (Å²) < 4.78 is 100. The number of benzene rings is 1. The second-order valence-corrected chi connectivity index (χ2v) is 10.9. The summed E-state index contributed by atoms with van der Waals surface area (Å²) in [6.07, 6.45) is -11.1. The summed E-state index contributed by atoms with van der Waals surface area (Å²) >= 11 is 6.10. The van der Waals surface area contributed by atoms with Gasteiger partial charge in [-0.1, -0.05) is 0 Å². The number of halogens is 8. The van der Waals surface area contributed by atoms with E-state index in [1.165, 1.54) is 0 Å². The van der Waals surface area contributed by atoms with E-state index >= 15 is 0 Å². The second kappa shape index (κ2) is 11.4. The fraction of sp³-hybridized carbons (Fsp3) is 0.467. The molecule has 1 amide bonds. The van der Waals surface area contributed by atoms with Gasteiger partial charge in [-0.15, -0.1) is 0 Å². The van der Waals surface area contributed by atoms with Gasteiger partial charge in [0, 0.05) is 23.7 Å². The molecule has 1 rings (SSSR count). The minimum absolute atomic E-state index is 0.0358. The Kier molecular flexibility index (Phi) is 10.6. The van der Waals surface area contributed by atoms with Gasteiger partial charge in [0.25, 0.3) is 12.0 Å². The summed E-state index contributed by atoms with van der Waals surface area (Å²) in [5, 5.41) is -3.20. The first kappa shape index (κ1) is 28.9. The van der Waals surface area contributed by atoms with Crippen LogP contribution in [0.5, 0.6) is 0 Å². The number of esters is 1. The first-order chi connectivity index (χ1) is 14.0. The second-order valence-electron chi connectivity index (χ2n) is 5.91. The number of ether oxygens (including phenoxy) is 1. The summed E-state index contributed by atoms with van der Waals surface area (Å²) in [6, 6.07) is 3.52. The van der Waals surface area contributed by atoms with E-state index in [0.29, 0.717) is 5.56 Å². The lowest BCUT2D eigenvalue weighted by atomic mass is 10.2. The quantitative estimate of drug-likeness (QED) is 0.0960. The highest BCUT2D eigenvalue weighted by molar-refractivity contribution is 14.1.